The van der Waals surface area contributed by atoms with E-state index in [4.69, 9.17) is 4.74 Å². The molecule has 3 fully saturated rings. The zero-order chi connectivity index (χ0) is 24.6. The number of piperidine rings is 3. The summed E-state index contributed by atoms with van der Waals surface area (Å²) in [5, 5.41) is 15.0. The minimum absolute atomic E-state index is 0.178. The highest BCUT2D eigenvalue weighted by Crippen LogP contribution is 2.42. The summed E-state index contributed by atoms with van der Waals surface area (Å²) in [6.07, 6.45) is 8.09. The Kier molecular flexibility index (Phi) is 6.24. The molecule has 0 radical (unpaired) electrons. The second-order valence-electron chi connectivity index (χ2n) is 10.4. The highest BCUT2D eigenvalue weighted by atomic mass is 16.5. The van der Waals surface area contributed by atoms with Crippen molar-refractivity contribution >= 4 is 21.7 Å². The van der Waals surface area contributed by atoms with Gasteiger partial charge in [0.25, 0.3) is 0 Å². The van der Waals surface area contributed by atoms with Gasteiger partial charge in [-0.15, -0.1) is 6.58 Å². The largest absolute Gasteiger partial charge is 0.497 e. The molecule has 4 aromatic rings. The fourth-order valence-corrected chi connectivity index (χ4v) is 6.63. The number of pyridine rings is 1. The van der Waals surface area contributed by atoms with Gasteiger partial charge in [0.05, 0.1) is 18.7 Å². The molecule has 4 nitrogen and oxygen atoms in total. The molecule has 4 heteroatoms. The SMILES string of the molecule is C=C[C@H]1C[N@]2CC[C@H]1C[C@H]2[C@H](O)c1ccnc2ccc(OC)cc12.c1cc2c3c(cccc3c1)CC2. The Bertz CT molecular complexity index is 1380. The van der Waals surface area contributed by atoms with Gasteiger partial charge in [0.15, 0.2) is 0 Å². The van der Waals surface area contributed by atoms with E-state index in [2.05, 4.69) is 58.9 Å². The Morgan fingerprint density at radius 1 is 1.08 bits per heavy atom. The first kappa shape index (κ1) is 23.2. The van der Waals surface area contributed by atoms with E-state index in [1.807, 2.05) is 24.3 Å². The lowest BCUT2D eigenvalue weighted by Crippen LogP contribution is -2.54. The molecule has 2 bridgehead atoms. The molecule has 8 rings (SSSR count). The third-order valence-electron chi connectivity index (χ3n) is 8.56. The van der Waals surface area contributed by atoms with Crippen LogP contribution in [0.4, 0.5) is 0 Å². The van der Waals surface area contributed by atoms with Crippen molar-refractivity contribution < 1.29 is 9.84 Å². The molecular formula is C32H34N2O2. The zero-order valence-electron chi connectivity index (χ0n) is 20.9. The first-order chi connectivity index (χ1) is 17.7. The van der Waals surface area contributed by atoms with Crippen LogP contribution in [0.15, 0.2) is 79.5 Å². The monoisotopic (exact) mass is 478 g/mol. The van der Waals surface area contributed by atoms with Gasteiger partial charge in [0.2, 0.25) is 0 Å². The van der Waals surface area contributed by atoms with Crippen LogP contribution >= 0.6 is 0 Å². The van der Waals surface area contributed by atoms with E-state index in [9.17, 15) is 5.11 Å². The van der Waals surface area contributed by atoms with Crippen LogP contribution in [0, 0.1) is 11.8 Å². The molecule has 184 valence electrons. The summed E-state index contributed by atoms with van der Waals surface area (Å²) in [5.74, 6) is 2.01. The molecule has 3 saturated heterocycles. The lowest BCUT2D eigenvalue weighted by Gasteiger charge is -2.50. The summed E-state index contributed by atoms with van der Waals surface area (Å²) < 4.78 is 5.35. The first-order valence-corrected chi connectivity index (χ1v) is 13.1. The van der Waals surface area contributed by atoms with Gasteiger partial charge in [-0.05, 0) is 95.8 Å². The highest BCUT2D eigenvalue weighted by molar-refractivity contribution is 5.90. The third-order valence-corrected chi connectivity index (χ3v) is 8.56. The number of ether oxygens (including phenoxy) is 1. The molecule has 0 amide bonds. The fraction of sp³-hybridized carbons (Fsp3) is 0.344. The van der Waals surface area contributed by atoms with E-state index in [0.29, 0.717) is 11.8 Å². The van der Waals surface area contributed by atoms with Crippen LogP contribution in [-0.2, 0) is 12.8 Å². The van der Waals surface area contributed by atoms with Gasteiger partial charge in [0.1, 0.15) is 5.75 Å². The quantitative estimate of drug-likeness (QED) is 0.360. The van der Waals surface area contributed by atoms with Crippen LogP contribution in [0.2, 0.25) is 0 Å². The molecule has 0 unspecified atom stereocenters. The number of aliphatic hydroxyl groups is 1. The third kappa shape index (κ3) is 4.08. The topological polar surface area (TPSA) is 45.6 Å². The van der Waals surface area contributed by atoms with Crippen LogP contribution in [0.3, 0.4) is 0 Å². The van der Waals surface area contributed by atoms with Crippen LogP contribution in [0.25, 0.3) is 21.7 Å². The molecule has 36 heavy (non-hydrogen) atoms. The maximum Gasteiger partial charge on any atom is 0.119 e. The summed E-state index contributed by atoms with van der Waals surface area (Å²) in [7, 11) is 1.66. The number of benzene rings is 3. The Morgan fingerprint density at radius 3 is 2.53 bits per heavy atom. The number of fused-ring (bicyclic) bond motifs is 4. The van der Waals surface area contributed by atoms with E-state index in [1.54, 1.807) is 13.3 Å². The number of methoxy groups -OCH3 is 1. The average molecular weight is 479 g/mol. The van der Waals surface area contributed by atoms with E-state index in [0.717, 1.165) is 41.7 Å². The zero-order valence-corrected chi connectivity index (χ0v) is 20.9. The number of aliphatic hydroxyl groups excluding tert-OH is 1. The van der Waals surface area contributed by atoms with Gasteiger partial charge in [-0.3, -0.25) is 9.88 Å². The number of nitrogens with zero attached hydrogens (tertiary/aromatic N) is 2. The smallest absolute Gasteiger partial charge is 0.119 e. The minimum atomic E-state index is -0.504. The normalized spacial score (nSPS) is 24.8. The highest BCUT2D eigenvalue weighted by Gasteiger charge is 2.42. The van der Waals surface area contributed by atoms with Crippen molar-refractivity contribution in [2.45, 2.75) is 37.8 Å². The molecule has 4 aliphatic rings. The Labute approximate surface area is 213 Å². The molecule has 3 aliphatic heterocycles. The average Bonchev–Trinajstić information content (AvgIpc) is 3.37. The number of hydrogen-bond donors (Lipinski definition) is 1. The molecule has 5 atom stereocenters. The number of hydrogen-bond acceptors (Lipinski definition) is 4. The van der Waals surface area contributed by atoms with Gasteiger partial charge >= 0.3 is 0 Å². The van der Waals surface area contributed by atoms with Crippen molar-refractivity contribution in [3.63, 3.8) is 0 Å². The van der Waals surface area contributed by atoms with Crippen molar-refractivity contribution in [1.29, 1.82) is 0 Å². The van der Waals surface area contributed by atoms with Gasteiger partial charge in [-0.25, -0.2) is 0 Å². The Balaban J connectivity index is 0.000000166. The first-order valence-electron chi connectivity index (χ1n) is 13.1. The standard InChI is InChI=1S/C20H24N2O2.C12H10/c1-3-13-12-22-9-7-14(13)10-19(22)20(23)16-6-8-21-18-5-4-15(24-2)11-17(16)18;1-3-9-4-2-6-11-8-7-10(5-1)12(9)11/h3-6,8,11,13-14,19-20,23H,1,7,9-10,12H2,2H3;1-6H,7-8H2/t13-,14-,19-,20+;/m0./s1. The van der Waals surface area contributed by atoms with Crippen LogP contribution in [0.5, 0.6) is 5.75 Å². The van der Waals surface area contributed by atoms with Crippen LogP contribution < -0.4 is 4.74 Å². The molecule has 4 heterocycles. The lowest BCUT2D eigenvalue weighted by atomic mass is 9.73. The van der Waals surface area contributed by atoms with E-state index < -0.39 is 6.10 Å². The molecule has 3 aromatic carbocycles. The van der Waals surface area contributed by atoms with Crippen molar-refractivity contribution in [1.82, 2.24) is 9.88 Å². The van der Waals surface area contributed by atoms with Gasteiger partial charge in [-0.1, -0.05) is 42.5 Å². The second kappa shape index (κ2) is 9.68. The summed E-state index contributed by atoms with van der Waals surface area (Å²) >= 11 is 0. The van der Waals surface area contributed by atoms with Crippen LogP contribution in [0.1, 0.15) is 35.6 Å². The maximum absolute atomic E-state index is 11.2. The minimum Gasteiger partial charge on any atom is -0.497 e. The van der Waals surface area contributed by atoms with Crippen molar-refractivity contribution in [2.24, 2.45) is 11.8 Å². The van der Waals surface area contributed by atoms with Gasteiger partial charge in [0, 0.05) is 24.2 Å². The predicted octanol–water partition coefficient (Wildman–Crippen LogP) is 6.11. The maximum atomic E-state index is 11.2. The molecular weight excluding hydrogens is 444 g/mol. The molecule has 1 N–H and O–H groups in total. The molecule has 1 aromatic heterocycles. The lowest BCUT2D eigenvalue weighted by molar-refractivity contribution is -0.0444. The summed E-state index contributed by atoms with van der Waals surface area (Å²) in [4.78, 5) is 6.86. The van der Waals surface area contributed by atoms with E-state index >= 15 is 0 Å². The number of rotatable bonds is 4. The summed E-state index contributed by atoms with van der Waals surface area (Å²) in [6, 6.07) is 21.2. The van der Waals surface area contributed by atoms with E-state index in [1.165, 1.54) is 41.2 Å². The van der Waals surface area contributed by atoms with Crippen LogP contribution in [-0.4, -0.2) is 41.2 Å². The summed E-state index contributed by atoms with van der Waals surface area (Å²) in [6.45, 7) is 6.07. The summed E-state index contributed by atoms with van der Waals surface area (Å²) in [5.41, 5.74) is 4.91. The molecule has 0 saturated carbocycles. The Morgan fingerprint density at radius 2 is 1.86 bits per heavy atom. The van der Waals surface area contributed by atoms with E-state index in [-0.39, 0.29) is 6.04 Å². The van der Waals surface area contributed by atoms with Gasteiger partial charge in [-0.2, -0.15) is 0 Å². The van der Waals surface area contributed by atoms with Gasteiger partial charge < -0.3 is 9.84 Å². The number of aryl methyl sites for hydroxylation is 2. The molecule has 1 aliphatic carbocycles. The fourth-order valence-electron chi connectivity index (χ4n) is 6.63. The second-order valence-corrected chi connectivity index (χ2v) is 10.4. The van der Waals surface area contributed by atoms with Crippen molar-refractivity contribution in [2.75, 3.05) is 20.2 Å². The number of aromatic nitrogens is 1. The van der Waals surface area contributed by atoms with Crippen molar-refractivity contribution in [3.05, 3.63) is 96.2 Å². The Hall–Kier alpha value is -3.21. The predicted molar refractivity (Wildman–Crippen MR) is 146 cm³/mol. The van der Waals surface area contributed by atoms with Crippen molar-refractivity contribution in [3.8, 4) is 5.75 Å². The molecule has 0 spiro atoms.